The number of nitrogens with zero attached hydrogens (tertiary/aromatic N) is 3. The van der Waals surface area contributed by atoms with Gasteiger partial charge in [0.15, 0.2) is 0 Å². The van der Waals surface area contributed by atoms with Crippen LogP contribution in [0.3, 0.4) is 0 Å². The molecule has 0 aromatic carbocycles. The van der Waals surface area contributed by atoms with Gasteiger partial charge in [0.1, 0.15) is 0 Å². The Bertz CT molecular complexity index is 402. The lowest BCUT2D eigenvalue weighted by Crippen LogP contribution is -2.28. The summed E-state index contributed by atoms with van der Waals surface area (Å²) >= 11 is 3.68. The molecule has 1 heterocycles. The van der Waals surface area contributed by atoms with Gasteiger partial charge in [-0.1, -0.05) is 12.8 Å². The minimum absolute atomic E-state index is 0.567. The largest absolute Gasteiger partial charge is 0.330 e. The van der Waals surface area contributed by atoms with E-state index in [4.69, 9.17) is 5.73 Å². The third-order valence-electron chi connectivity index (χ3n) is 4.16. The van der Waals surface area contributed by atoms with Crippen LogP contribution in [0, 0.1) is 5.92 Å². The smallest absolute Gasteiger partial charge is 0.0635 e. The van der Waals surface area contributed by atoms with Crippen LogP contribution < -0.4 is 5.73 Å². The van der Waals surface area contributed by atoms with Crippen LogP contribution >= 0.6 is 15.9 Å². The Morgan fingerprint density at radius 2 is 2.16 bits per heavy atom. The number of aromatic nitrogens is 2. The van der Waals surface area contributed by atoms with E-state index in [2.05, 4.69) is 44.7 Å². The number of nitrogens with two attached hydrogens (primary N) is 1. The van der Waals surface area contributed by atoms with Gasteiger partial charge in [-0.3, -0.25) is 4.68 Å². The number of rotatable bonds is 5. The molecule has 0 amide bonds. The van der Waals surface area contributed by atoms with E-state index < -0.39 is 0 Å². The van der Waals surface area contributed by atoms with Gasteiger partial charge in [-0.05, 0) is 55.3 Å². The van der Waals surface area contributed by atoms with Crippen LogP contribution in [0.15, 0.2) is 10.7 Å². The van der Waals surface area contributed by atoms with Gasteiger partial charge in [0.2, 0.25) is 0 Å². The third kappa shape index (κ3) is 3.58. The lowest BCUT2D eigenvalue weighted by molar-refractivity contribution is 0.292. The van der Waals surface area contributed by atoms with Crippen molar-refractivity contribution in [1.82, 2.24) is 14.7 Å². The van der Waals surface area contributed by atoms with E-state index in [0.717, 1.165) is 24.1 Å². The molecule has 2 atom stereocenters. The molecule has 0 radical (unpaired) electrons. The quantitative estimate of drug-likeness (QED) is 0.903. The molecule has 1 fully saturated rings. The predicted octanol–water partition coefficient (Wildman–Crippen LogP) is 2.44. The molecule has 1 aromatic heterocycles. The molecule has 1 aliphatic carbocycles. The Hall–Kier alpha value is -0.390. The Labute approximate surface area is 124 Å². The van der Waals surface area contributed by atoms with Crippen LogP contribution in [-0.2, 0) is 6.54 Å². The van der Waals surface area contributed by atoms with Gasteiger partial charge < -0.3 is 10.6 Å². The average Bonchev–Trinajstić information content (AvgIpc) is 2.77. The fraction of sp³-hybridized carbons (Fsp3) is 0.786. The lowest BCUT2D eigenvalue weighted by Gasteiger charge is -2.31. The maximum Gasteiger partial charge on any atom is 0.0635 e. The van der Waals surface area contributed by atoms with E-state index in [1.54, 1.807) is 0 Å². The Balaban J connectivity index is 2.19. The topological polar surface area (TPSA) is 47.1 Å². The van der Waals surface area contributed by atoms with Crippen molar-refractivity contribution < 1.29 is 0 Å². The Morgan fingerprint density at radius 1 is 1.42 bits per heavy atom. The molecule has 0 bridgehead atoms. The van der Waals surface area contributed by atoms with Crippen molar-refractivity contribution in [1.29, 1.82) is 0 Å². The van der Waals surface area contributed by atoms with Gasteiger partial charge >= 0.3 is 0 Å². The molecule has 4 nitrogen and oxygen atoms in total. The zero-order chi connectivity index (χ0) is 13.8. The normalized spacial score (nSPS) is 24.1. The van der Waals surface area contributed by atoms with Crippen molar-refractivity contribution in [3.8, 4) is 0 Å². The van der Waals surface area contributed by atoms with Gasteiger partial charge in [0.25, 0.3) is 0 Å². The Morgan fingerprint density at radius 3 is 2.84 bits per heavy atom. The first-order chi connectivity index (χ1) is 9.13. The fourth-order valence-corrected chi connectivity index (χ4v) is 3.65. The highest BCUT2D eigenvalue weighted by molar-refractivity contribution is 9.10. The molecule has 0 aliphatic heterocycles. The summed E-state index contributed by atoms with van der Waals surface area (Å²) in [5.41, 5.74) is 7.33. The third-order valence-corrected chi connectivity index (χ3v) is 4.77. The predicted molar refractivity (Wildman–Crippen MR) is 82.2 cm³/mol. The van der Waals surface area contributed by atoms with Crippen molar-refractivity contribution >= 4 is 15.9 Å². The van der Waals surface area contributed by atoms with Gasteiger partial charge in [-0.15, -0.1) is 0 Å². The second kappa shape index (κ2) is 6.86. The van der Waals surface area contributed by atoms with E-state index >= 15 is 0 Å². The summed E-state index contributed by atoms with van der Waals surface area (Å²) in [4.78, 5) is 2.20. The molecular formula is C14H25BrN4. The summed E-state index contributed by atoms with van der Waals surface area (Å²) in [5.74, 6) is 1.18. The second-order valence-electron chi connectivity index (χ2n) is 5.79. The average molecular weight is 329 g/mol. The molecule has 2 rings (SSSR count). The van der Waals surface area contributed by atoms with Crippen LogP contribution in [0.2, 0.25) is 0 Å². The van der Waals surface area contributed by atoms with Crippen LogP contribution in [-0.4, -0.2) is 41.9 Å². The van der Waals surface area contributed by atoms with E-state index in [1.165, 1.54) is 31.4 Å². The molecule has 19 heavy (non-hydrogen) atoms. The molecular weight excluding hydrogens is 304 g/mol. The van der Waals surface area contributed by atoms with E-state index in [-0.39, 0.29) is 0 Å². The first-order valence-electron chi connectivity index (χ1n) is 7.19. The highest BCUT2D eigenvalue weighted by Crippen LogP contribution is 2.40. The summed E-state index contributed by atoms with van der Waals surface area (Å²) in [6.07, 6.45) is 7.07. The van der Waals surface area contributed by atoms with Crippen molar-refractivity contribution in [2.24, 2.45) is 11.7 Å². The van der Waals surface area contributed by atoms with Crippen molar-refractivity contribution in [3.63, 3.8) is 0 Å². The zero-order valence-corrected chi connectivity index (χ0v) is 13.6. The van der Waals surface area contributed by atoms with Crippen LogP contribution in [0.25, 0.3) is 0 Å². The number of hydrogen-bond donors (Lipinski definition) is 1. The zero-order valence-electron chi connectivity index (χ0n) is 12.0. The molecule has 1 aliphatic rings. The Kier molecular flexibility index (Phi) is 5.42. The molecule has 108 valence electrons. The van der Waals surface area contributed by atoms with Gasteiger partial charge in [-0.2, -0.15) is 5.10 Å². The van der Waals surface area contributed by atoms with E-state index in [9.17, 15) is 0 Å². The SMILES string of the molecule is CN(C)CCn1ncc(Br)c1C1CCCCC1CN. The van der Waals surface area contributed by atoms with Gasteiger partial charge in [0, 0.05) is 12.5 Å². The number of hydrogen-bond acceptors (Lipinski definition) is 3. The molecule has 1 saturated carbocycles. The van der Waals surface area contributed by atoms with Gasteiger partial charge in [0.05, 0.1) is 22.9 Å². The van der Waals surface area contributed by atoms with Crippen molar-refractivity contribution in [3.05, 3.63) is 16.4 Å². The van der Waals surface area contributed by atoms with Crippen molar-refractivity contribution in [2.45, 2.75) is 38.1 Å². The van der Waals surface area contributed by atoms with E-state index in [0.29, 0.717) is 11.8 Å². The minimum atomic E-state index is 0.567. The fourth-order valence-electron chi connectivity index (χ4n) is 3.06. The maximum atomic E-state index is 5.97. The first-order valence-corrected chi connectivity index (χ1v) is 7.98. The first kappa shape index (κ1) is 15.0. The monoisotopic (exact) mass is 328 g/mol. The standard InChI is InChI=1S/C14H25BrN4/c1-18(2)7-8-19-14(13(15)10-17-19)12-6-4-3-5-11(12)9-16/h10-12H,3-9,16H2,1-2H3. The minimum Gasteiger partial charge on any atom is -0.330 e. The molecule has 1 aromatic rings. The maximum absolute atomic E-state index is 5.97. The van der Waals surface area contributed by atoms with Crippen LogP contribution in [0.4, 0.5) is 0 Å². The highest BCUT2D eigenvalue weighted by Gasteiger charge is 2.29. The van der Waals surface area contributed by atoms with Gasteiger partial charge in [-0.25, -0.2) is 0 Å². The van der Waals surface area contributed by atoms with Crippen LogP contribution in [0.5, 0.6) is 0 Å². The molecule has 0 spiro atoms. The molecule has 2 unspecified atom stereocenters. The molecule has 5 heteroatoms. The summed E-state index contributed by atoms with van der Waals surface area (Å²) < 4.78 is 3.32. The van der Waals surface area contributed by atoms with E-state index in [1.807, 2.05) is 6.20 Å². The summed E-state index contributed by atoms with van der Waals surface area (Å²) in [7, 11) is 4.20. The summed E-state index contributed by atoms with van der Waals surface area (Å²) in [6, 6.07) is 0. The number of likely N-dealkylation sites (N-methyl/N-ethyl adjacent to an activating group) is 1. The lowest BCUT2D eigenvalue weighted by atomic mass is 9.77. The second-order valence-corrected chi connectivity index (χ2v) is 6.65. The highest BCUT2D eigenvalue weighted by atomic mass is 79.9. The molecule has 2 N–H and O–H groups in total. The summed E-state index contributed by atoms with van der Waals surface area (Å²) in [6.45, 7) is 2.75. The van der Waals surface area contributed by atoms with Crippen molar-refractivity contribution in [2.75, 3.05) is 27.2 Å². The molecule has 0 saturated heterocycles. The summed E-state index contributed by atoms with van der Waals surface area (Å²) in [5, 5.41) is 4.53. The van der Waals surface area contributed by atoms with Crippen LogP contribution in [0.1, 0.15) is 37.3 Å². The number of halogens is 1.